The number of piperidine rings is 1. The van der Waals surface area contributed by atoms with Gasteiger partial charge in [0.2, 0.25) is 0 Å². The molecule has 18 heavy (non-hydrogen) atoms. The maximum absolute atomic E-state index is 13.1. The number of hydrogen-bond acceptors (Lipinski definition) is 2. The van der Waals surface area contributed by atoms with Crippen LogP contribution in [0.25, 0.3) is 0 Å². The van der Waals surface area contributed by atoms with Gasteiger partial charge in [-0.05, 0) is 43.5 Å². The summed E-state index contributed by atoms with van der Waals surface area (Å²) in [4.78, 5) is 0. The van der Waals surface area contributed by atoms with Gasteiger partial charge in [0.1, 0.15) is 0 Å². The molecule has 2 rings (SSSR count). The van der Waals surface area contributed by atoms with Crippen molar-refractivity contribution in [1.82, 2.24) is 5.32 Å². The molecule has 0 atom stereocenters. The van der Waals surface area contributed by atoms with Gasteiger partial charge in [-0.3, -0.25) is 0 Å². The van der Waals surface area contributed by atoms with Crippen LogP contribution in [-0.4, -0.2) is 13.1 Å². The van der Waals surface area contributed by atoms with Gasteiger partial charge in [-0.2, -0.15) is 18.4 Å². The SMILES string of the molecule is N#Cc1cccc(C2CCNCC2)c1C(F)(F)F. The Morgan fingerprint density at radius 2 is 1.89 bits per heavy atom. The highest BCUT2D eigenvalue weighted by molar-refractivity contribution is 5.46. The Bertz CT molecular complexity index is 468. The molecule has 0 spiro atoms. The smallest absolute Gasteiger partial charge is 0.317 e. The summed E-state index contributed by atoms with van der Waals surface area (Å²) in [6.07, 6.45) is -3.11. The molecule has 1 aliphatic rings. The summed E-state index contributed by atoms with van der Waals surface area (Å²) in [5, 5.41) is 12.0. The number of benzene rings is 1. The van der Waals surface area contributed by atoms with Gasteiger partial charge < -0.3 is 5.32 Å². The first kappa shape index (κ1) is 12.9. The van der Waals surface area contributed by atoms with Crippen molar-refractivity contribution in [3.8, 4) is 6.07 Å². The van der Waals surface area contributed by atoms with Gasteiger partial charge in [-0.25, -0.2) is 0 Å². The fraction of sp³-hybridized carbons (Fsp3) is 0.462. The van der Waals surface area contributed by atoms with E-state index in [0.717, 1.165) is 13.1 Å². The number of hydrogen-bond donors (Lipinski definition) is 1. The van der Waals surface area contributed by atoms with Gasteiger partial charge in [0.15, 0.2) is 0 Å². The first-order valence-electron chi connectivity index (χ1n) is 5.85. The average Bonchev–Trinajstić information content (AvgIpc) is 2.38. The lowest BCUT2D eigenvalue weighted by atomic mass is 9.85. The maximum Gasteiger partial charge on any atom is 0.417 e. The van der Waals surface area contributed by atoms with Crippen LogP contribution in [0.15, 0.2) is 18.2 Å². The summed E-state index contributed by atoms with van der Waals surface area (Å²) in [6.45, 7) is 1.44. The van der Waals surface area contributed by atoms with Crippen molar-refractivity contribution in [1.29, 1.82) is 5.26 Å². The van der Waals surface area contributed by atoms with Crippen LogP contribution in [0.5, 0.6) is 0 Å². The van der Waals surface area contributed by atoms with Crippen molar-refractivity contribution < 1.29 is 13.2 Å². The molecule has 1 saturated heterocycles. The number of alkyl halides is 3. The monoisotopic (exact) mass is 254 g/mol. The van der Waals surface area contributed by atoms with Crippen molar-refractivity contribution >= 4 is 0 Å². The van der Waals surface area contributed by atoms with Crippen molar-refractivity contribution in [2.45, 2.75) is 24.9 Å². The van der Waals surface area contributed by atoms with Crippen molar-refractivity contribution in [3.05, 3.63) is 34.9 Å². The van der Waals surface area contributed by atoms with E-state index in [1.165, 1.54) is 18.2 Å². The summed E-state index contributed by atoms with van der Waals surface area (Å²) < 4.78 is 39.3. The van der Waals surface area contributed by atoms with E-state index in [1.54, 1.807) is 6.07 Å². The van der Waals surface area contributed by atoms with Gasteiger partial charge in [-0.1, -0.05) is 12.1 Å². The Kier molecular flexibility index (Phi) is 3.58. The summed E-state index contributed by atoms with van der Waals surface area (Å²) in [5.74, 6) is -0.115. The molecule has 1 heterocycles. The standard InChI is InChI=1S/C13H13F3N2/c14-13(15,16)12-10(8-17)2-1-3-11(12)9-4-6-18-7-5-9/h1-3,9,18H,4-7H2. The Hall–Kier alpha value is -1.54. The molecule has 0 aliphatic carbocycles. The molecule has 96 valence electrons. The van der Waals surface area contributed by atoms with Gasteiger partial charge in [-0.15, -0.1) is 0 Å². The lowest BCUT2D eigenvalue weighted by Gasteiger charge is -2.26. The van der Waals surface area contributed by atoms with Crippen molar-refractivity contribution in [3.63, 3.8) is 0 Å². The normalized spacial score (nSPS) is 17.4. The molecule has 5 heteroatoms. The van der Waals surface area contributed by atoms with Crippen LogP contribution in [0.2, 0.25) is 0 Å². The van der Waals surface area contributed by atoms with Gasteiger partial charge in [0.05, 0.1) is 17.2 Å². The minimum atomic E-state index is -4.47. The van der Waals surface area contributed by atoms with Gasteiger partial charge in [0, 0.05) is 0 Å². The molecule has 0 saturated carbocycles. The van der Waals surface area contributed by atoms with Crippen LogP contribution in [0.4, 0.5) is 13.2 Å². The predicted octanol–water partition coefficient (Wildman–Crippen LogP) is 3.04. The minimum absolute atomic E-state index is 0.115. The Labute approximate surface area is 103 Å². The molecule has 0 unspecified atom stereocenters. The highest BCUT2D eigenvalue weighted by Gasteiger charge is 2.38. The molecule has 0 amide bonds. The summed E-state index contributed by atoms with van der Waals surface area (Å²) in [7, 11) is 0. The van der Waals surface area contributed by atoms with Crippen LogP contribution >= 0.6 is 0 Å². The summed E-state index contributed by atoms with van der Waals surface area (Å²) in [6, 6.07) is 5.91. The molecule has 0 aromatic heterocycles. The Morgan fingerprint density at radius 1 is 1.22 bits per heavy atom. The molecule has 1 aliphatic heterocycles. The van der Waals surface area contributed by atoms with E-state index in [0.29, 0.717) is 12.8 Å². The van der Waals surface area contributed by atoms with E-state index in [9.17, 15) is 13.2 Å². The van der Waals surface area contributed by atoms with Gasteiger partial charge >= 0.3 is 6.18 Å². The van der Waals surface area contributed by atoms with E-state index < -0.39 is 11.7 Å². The lowest BCUT2D eigenvalue weighted by Crippen LogP contribution is -2.28. The van der Waals surface area contributed by atoms with Gasteiger partial charge in [0.25, 0.3) is 0 Å². The molecule has 0 radical (unpaired) electrons. The van der Waals surface area contributed by atoms with E-state index >= 15 is 0 Å². The molecule has 0 bridgehead atoms. The summed E-state index contributed by atoms with van der Waals surface area (Å²) >= 11 is 0. The third-order valence-corrected chi connectivity index (χ3v) is 3.28. The zero-order valence-corrected chi connectivity index (χ0v) is 9.72. The molecule has 1 aromatic carbocycles. The topological polar surface area (TPSA) is 35.8 Å². The average molecular weight is 254 g/mol. The zero-order valence-electron chi connectivity index (χ0n) is 9.72. The zero-order chi connectivity index (χ0) is 13.2. The summed E-state index contributed by atoms with van der Waals surface area (Å²) in [5.41, 5.74) is -0.763. The van der Waals surface area contributed by atoms with Crippen LogP contribution in [-0.2, 0) is 6.18 Å². The molecule has 2 nitrogen and oxygen atoms in total. The minimum Gasteiger partial charge on any atom is -0.317 e. The lowest BCUT2D eigenvalue weighted by molar-refractivity contribution is -0.138. The third-order valence-electron chi connectivity index (χ3n) is 3.28. The van der Waals surface area contributed by atoms with E-state index in [1.807, 2.05) is 0 Å². The van der Waals surface area contributed by atoms with Crippen molar-refractivity contribution in [2.75, 3.05) is 13.1 Å². The Morgan fingerprint density at radius 3 is 2.44 bits per heavy atom. The van der Waals surface area contributed by atoms with E-state index in [-0.39, 0.29) is 17.0 Å². The van der Waals surface area contributed by atoms with Crippen LogP contribution < -0.4 is 5.32 Å². The first-order valence-corrected chi connectivity index (χ1v) is 5.85. The highest BCUT2D eigenvalue weighted by atomic mass is 19.4. The third kappa shape index (κ3) is 2.49. The number of nitrogens with zero attached hydrogens (tertiary/aromatic N) is 1. The molecule has 1 N–H and O–H groups in total. The van der Waals surface area contributed by atoms with Crippen LogP contribution in [0.1, 0.15) is 35.4 Å². The fourth-order valence-corrected chi connectivity index (χ4v) is 2.45. The number of halogens is 3. The number of nitriles is 1. The second-order valence-corrected chi connectivity index (χ2v) is 4.40. The number of rotatable bonds is 1. The maximum atomic E-state index is 13.1. The first-order chi connectivity index (χ1) is 8.54. The molecule has 1 aromatic rings. The second-order valence-electron chi connectivity index (χ2n) is 4.40. The highest BCUT2D eigenvalue weighted by Crippen LogP contribution is 2.39. The van der Waals surface area contributed by atoms with E-state index in [2.05, 4.69) is 5.32 Å². The molecular formula is C13H13F3N2. The largest absolute Gasteiger partial charge is 0.417 e. The molecule has 1 fully saturated rings. The van der Waals surface area contributed by atoms with Crippen LogP contribution in [0.3, 0.4) is 0 Å². The second kappa shape index (κ2) is 4.99. The van der Waals surface area contributed by atoms with E-state index in [4.69, 9.17) is 5.26 Å². The fourth-order valence-electron chi connectivity index (χ4n) is 2.45. The predicted molar refractivity (Wildman–Crippen MR) is 61.0 cm³/mol. The quantitative estimate of drug-likeness (QED) is 0.836. The van der Waals surface area contributed by atoms with Crippen molar-refractivity contribution in [2.24, 2.45) is 0 Å². The number of nitrogens with one attached hydrogen (secondary N) is 1. The van der Waals surface area contributed by atoms with Crippen LogP contribution in [0, 0.1) is 11.3 Å². The molecular weight excluding hydrogens is 241 g/mol. The Balaban J connectivity index is 2.49.